The maximum Gasteiger partial charge on any atom is 0.248 e. The monoisotopic (exact) mass is 366 g/mol. The summed E-state index contributed by atoms with van der Waals surface area (Å²) in [5.74, 6) is 5.51. The molecule has 0 radical (unpaired) electrons. The van der Waals surface area contributed by atoms with E-state index in [9.17, 15) is 4.79 Å². The summed E-state index contributed by atoms with van der Waals surface area (Å²) in [4.78, 5) is 16.2. The fraction of sp³-hybridized carbons (Fsp3) is 0.409. The van der Waals surface area contributed by atoms with Crippen molar-refractivity contribution in [2.45, 2.75) is 18.8 Å². The second kappa shape index (κ2) is 10.2. The Kier molecular flexibility index (Phi) is 7.39. The zero-order valence-electron chi connectivity index (χ0n) is 15.9. The maximum atomic E-state index is 11.5. The molecular weight excluding hydrogens is 336 g/mol. The van der Waals surface area contributed by atoms with Gasteiger partial charge in [0, 0.05) is 19.0 Å². The molecule has 0 spiro atoms. The molecule has 5 heteroatoms. The number of nitrogens with one attached hydrogen (secondary N) is 1. The number of hydrazine groups is 1. The van der Waals surface area contributed by atoms with Gasteiger partial charge < -0.3 is 4.90 Å². The lowest BCUT2D eigenvalue weighted by Crippen LogP contribution is -2.41. The average Bonchev–Trinajstić information content (AvgIpc) is 2.95. The van der Waals surface area contributed by atoms with Gasteiger partial charge in [-0.25, -0.2) is 5.84 Å². The molecule has 0 aliphatic carbocycles. The van der Waals surface area contributed by atoms with E-state index in [4.69, 9.17) is 5.84 Å². The zero-order valence-corrected chi connectivity index (χ0v) is 15.9. The lowest BCUT2D eigenvalue weighted by molar-refractivity contribution is -0.122. The van der Waals surface area contributed by atoms with E-state index in [1.165, 1.54) is 11.1 Å². The predicted octanol–water partition coefficient (Wildman–Crippen LogP) is 2.21. The van der Waals surface area contributed by atoms with Crippen LogP contribution in [0.1, 0.15) is 29.9 Å². The summed E-state index contributed by atoms with van der Waals surface area (Å²) in [6.07, 6.45) is 2.18. The Hall–Kier alpha value is -2.21. The van der Waals surface area contributed by atoms with Crippen molar-refractivity contribution >= 4 is 5.91 Å². The Morgan fingerprint density at radius 1 is 0.889 bits per heavy atom. The summed E-state index contributed by atoms with van der Waals surface area (Å²) in [7, 11) is 0. The highest BCUT2D eigenvalue weighted by atomic mass is 16.2. The van der Waals surface area contributed by atoms with Crippen LogP contribution in [0.25, 0.3) is 0 Å². The van der Waals surface area contributed by atoms with E-state index in [1.807, 2.05) is 0 Å². The molecule has 0 saturated carbocycles. The van der Waals surface area contributed by atoms with Crippen molar-refractivity contribution in [2.75, 3.05) is 39.3 Å². The first-order valence-corrected chi connectivity index (χ1v) is 9.80. The molecule has 0 atom stereocenters. The molecule has 1 fully saturated rings. The van der Waals surface area contributed by atoms with E-state index in [-0.39, 0.29) is 5.91 Å². The van der Waals surface area contributed by atoms with Gasteiger partial charge in [-0.15, -0.1) is 0 Å². The number of hydrogen-bond acceptors (Lipinski definition) is 4. The Bertz CT molecular complexity index is 652. The standard InChI is InChI=1S/C22H30N4O/c23-24-22(27)18-26-14-7-13-25(16-17-26)15-12-21(19-8-3-1-4-9-19)20-10-5-2-6-11-20/h1-6,8-11,21H,7,12-18,23H2,(H,24,27). The molecule has 144 valence electrons. The first-order valence-electron chi connectivity index (χ1n) is 9.80. The maximum absolute atomic E-state index is 11.5. The molecule has 0 aromatic heterocycles. The van der Waals surface area contributed by atoms with Crippen molar-refractivity contribution in [1.29, 1.82) is 0 Å². The number of rotatable bonds is 7. The number of carbonyl (C=O) groups is 1. The largest absolute Gasteiger partial charge is 0.302 e. The van der Waals surface area contributed by atoms with Crippen molar-refractivity contribution in [3.05, 3.63) is 71.8 Å². The summed E-state index contributed by atoms with van der Waals surface area (Å²) >= 11 is 0. The van der Waals surface area contributed by atoms with Gasteiger partial charge in [0.15, 0.2) is 0 Å². The molecule has 0 bridgehead atoms. The van der Waals surface area contributed by atoms with Crippen LogP contribution in [0.4, 0.5) is 0 Å². The van der Waals surface area contributed by atoms with Crippen LogP contribution < -0.4 is 11.3 Å². The fourth-order valence-corrected chi connectivity index (χ4v) is 3.86. The Morgan fingerprint density at radius 2 is 1.44 bits per heavy atom. The van der Waals surface area contributed by atoms with E-state index in [2.05, 4.69) is 75.9 Å². The van der Waals surface area contributed by atoms with Crippen LogP contribution in [0.15, 0.2) is 60.7 Å². The highest BCUT2D eigenvalue weighted by Gasteiger charge is 2.19. The molecule has 2 aromatic carbocycles. The third kappa shape index (κ3) is 5.89. The van der Waals surface area contributed by atoms with Crippen LogP contribution in [-0.2, 0) is 4.79 Å². The van der Waals surface area contributed by atoms with Crippen molar-refractivity contribution < 1.29 is 4.79 Å². The smallest absolute Gasteiger partial charge is 0.248 e. The van der Waals surface area contributed by atoms with E-state index in [0.29, 0.717) is 12.5 Å². The SMILES string of the molecule is NNC(=O)CN1CCCN(CCC(c2ccccc2)c2ccccc2)CC1. The van der Waals surface area contributed by atoms with Gasteiger partial charge in [-0.1, -0.05) is 60.7 Å². The highest BCUT2D eigenvalue weighted by Crippen LogP contribution is 2.28. The van der Waals surface area contributed by atoms with Gasteiger partial charge in [-0.3, -0.25) is 15.1 Å². The van der Waals surface area contributed by atoms with E-state index in [0.717, 1.165) is 45.6 Å². The van der Waals surface area contributed by atoms with Crippen molar-refractivity contribution in [2.24, 2.45) is 5.84 Å². The quantitative estimate of drug-likeness (QED) is 0.448. The summed E-state index contributed by atoms with van der Waals surface area (Å²) < 4.78 is 0. The number of hydrogen-bond donors (Lipinski definition) is 2. The number of amides is 1. The van der Waals surface area contributed by atoms with Crippen LogP contribution in [0.3, 0.4) is 0 Å². The first-order chi connectivity index (χ1) is 13.3. The number of nitrogens with two attached hydrogens (primary N) is 1. The van der Waals surface area contributed by atoms with E-state index in [1.54, 1.807) is 0 Å². The second-order valence-corrected chi connectivity index (χ2v) is 7.20. The van der Waals surface area contributed by atoms with Crippen LogP contribution in [-0.4, -0.2) is 55.0 Å². The van der Waals surface area contributed by atoms with Crippen LogP contribution in [0.5, 0.6) is 0 Å². The van der Waals surface area contributed by atoms with Crippen molar-refractivity contribution in [3.63, 3.8) is 0 Å². The number of carbonyl (C=O) groups excluding carboxylic acids is 1. The minimum atomic E-state index is -0.114. The molecule has 1 heterocycles. The van der Waals surface area contributed by atoms with Gasteiger partial charge in [-0.2, -0.15) is 0 Å². The van der Waals surface area contributed by atoms with E-state index < -0.39 is 0 Å². The van der Waals surface area contributed by atoms with Crippen LogP contribution in [0, 0.1) is 0 Å². The van der Waals surface area contributed by atoms with Gasteiger partial charge in [0.1, 0.15) is 0 Å². The molecule has 1 aliphatic rings. The third-order valence-corrected chi connectivity index (χ3v) is 5.35. The molecule has 1 aliphatic heterocycles. The average molecular weight is 367 g/mol. The van der Waals surface area contributed by atoms with Gasteiger partial charge in [0.25, 0.3) is 0 Å². The van der Waals surface area contributed by atoms with E-state index >= 15 is 0 Å². The van der Waals surface area contributed by atoms with Crippen LogP contribution in [0.2, 0.25) is 0 Å². The molecule has 5 nitrogen and oxygen atoms in total. The zero-order chi connectivity index (χ0) is 18.9. The molecule has 0 unspecified atom stereocenters. The minimum absolute atomic E-state index is 0.114. The highest BCUT2D eigenvalue weighted by molar-refractivity contribution is 5.77. The predicted molar refractivity (Wildman–Crippen MR) is 109 cm³/mol. The second-order valence-electron chi connectivity index (χ2n) is 7.20. The molecule has 1 saturated heterocycles. The Morgan fingerprint density at radius 3 is 2.04 bits per heavy atom. The normalized spacial score (nSPS) is 16.2. The summed E-state index contributed by atoms with van der Waals surface area (Å²) in [5.41, 5.74) is 4.98. The lowest BCUT2D eigenvalue weighted by atomic mass is 9.88. The molecule has 1 amide bonds. The Balaban J connectivity index is 1.60. The molecule has 2 aromatic rings. The molecule has 27 heavy (non-hydrogen) atoms. The summed E-state index contributed by atoms with van der Waals surface area (Å²) in [6.45, 7) is 5.39. The topological polar surface area (TPSA) is 61.6 Å². The number of benzene rings is 2. The third-order valence-electron chi connectivity index (χ3n) is 5.35. The van der Waals surface area contributed by atoms with Crippen molar-refractivity contribution in [3.8, 4) is 0 Å². The first kappa shape index (κ1) is 19.5. The summed E-state index contributed by atoms with van der Waals surface area (Å²) in [5, 5.41) is 0. The minimum Gasteiger partial charge on any atom is -0.302 e. The molecule has 3 N–H and O–H groups in total. The van der Waals surface area contributed by atoms with Gasteiger partial charge in [0.2, 0.25) is 5.91 Å². The molecule has 3 rings (SSSR count). The molecular formula is C22H30N4O. The van der Waals surface area contributed by atoms with Crippen molar-refractivity contribution in [1.82, 2.24) is 15.2 Å². The number of nitrogens with zero attached hydrogens (tertiary/aromatic N) is 2. The van der Waals surface area contributed by atoms with Gasteiger partial charge in [0.05, 0.1) is 6.54 Å². The fourth-order valence-electron chi connectivity index (χ4n) is 3.86. The van der Waals surface area contributed by atoms with Gasteiger partial charge >= 0.3 is 0 Å². The Labute approximate surface area is 162 Å². The lowest BCUT2D eigenvalue weighted by Gasteiger charge is -2.25. The summed E-state index contributed by atoms with van der Waals surface area (Å²) in [6, 6.07) is 21.6. The van der Waals surface area contributed by atoms with Crippen LogP contribution >= 0.6 is 0 Å². The van der Waals surface area contributed by atoms with Gasteiger partial charge in [-0.05, 0) is 43.6 Å².